The molecule has 3 rings (SSSR count). The van der Waals surface area contributed by atoms with E-state index in [1.165, 1.54) is 10.6 Å². The number of thioether (sulfide) groups is 2. The Kier molecular flexibility index (Phi) is 4.97. The second kappa shape index (κ2) is 6.73. The molecule has 0 radical (unpaired) electrons. The van der Waals surface area contributed by atoms with Crippen molar-refractivity contribution in [1.82, 2.24) is 0 Å². The highest BCUT2D eigenvalue weighted by molar-refractivity contribution is 7.99. The molecule has 2 aliphatic rings. The zero-order valence-corrected chi connectivity index (χ0v) is 13.3. The molecule has 0 saturated carbocycles. The zero-order chi connectivity index (χ0) is 13.8. The van der Waals surface area contributed by atoms with Gasteiger partial charge in [-0.1, -0.05) is 18.2 Å². The molecule has 1 spiro atoms. The number of aliphatic hydroxyl groups is 1. The molecule has 2 saturated heterocycles. The van der Waals surface area contributed by atoms with Gasteiger partial charge in [-0.05, 0) is 43.1 Å². The minimum absolute atomic E-state index is 0.0754. The van der Waals surface area contributed by atoms with Gasteiger partial charge in [-0.25, -0.2) is 0 Å². The second-order valence-electron chi connectivity index (χ2n) is 5.78. The highest BCUT2D eigenvalue weighted by Gasteiger charge is 2.42. The topological polar surface area (TPSA) is 29.5 Å². The van der Waals surface area contributed by atoms with Gasteiger partial charge in [0, 0.05) is 23.0 Å². The molecule has 1 aromatic rings. The summed E-state index contributed by atoms with van der Waals surface area (Å²) in [4.78, 5) is 1.24. The quantitative estimate of drug-likeness (QED) is 0.863. The van der Waals surface area contributed by atoms with Crippen LogP contribution in [0.15, 0.2) is 35.2 Å². The maximum atomic E-state index is 10.5. The van der Waals surface area contributed by atoms with E-state index in [0.29, 0.717) is 5.92 Å². The van der Waals surface area contributed by atoms with Crippen LogP contribution < -0.4 is 0 Å². The Labute approximate surface area is 129 Å². The summed E-state index contributed by atoms with van der Waals surface area (Å²) in [6.07, 6.45) is 2.98. The smallest absolute Gasteiger partial charge is 0.0783 e. The molecule has 3 atom stereocenters. The van der Waals surface area contributed by atoms with E-state index >= 15 is 0 Å². The molecule has 20 heavy (non-hydrogen) atoms. The van der Waals surface area contributed by atoms with E-state index in [-0.39, 0.29) is 11.7 Å². The van der Waals surface area contributed by atoms with Gasteiger partial charge < -0.3 is 9.84 Å². The lowest BCUT2D eigenvalue weighted by Crippen LogP contribution is -2.43. The van der Waals surface area contributed by atoms with Crippen molar-refractivity contribution in [3.63, 3.8) is 0 Å². The molecular formula is C16H22O2S2. The van der Waals surface area contributed by atoms with Crippen LogP contribution in [0.2, 0.25) is 0 Å². The Balaban J connectivity index is 1.53. The van der Waals surface area contributed by atoms with Gasteiger partial charge in [-0.3, -0.25) is 0 Å². The summed E-state index contributed by atoms with van der Waals surface area (Å²) in [5.74, 6) is 3.51. The highest BCUT2D eigenvalue weighted by Crippen LogP contribution is 2.41. The molecule has 4 heteroatoms. The van der Waals surface area contributed by atoms with Gasteiger partial charge >= 0.3 is 0 Å². The van der Waals surface area contributed by atoms with E-state index in [2.05, 4.69) is 12.1 Å². The molecule has 2 heterocycles. The number of rotatable bonds is 4. The number of benzene rings is 1. The third-order valence-electron chi connectivity index (χ3n) is 4.31. The Bertz CT molecular complexity index is 418. The van der Waals surface area contributed by atoms with E-state index in [9.17, 15) is 5.11 Å². The third kappa shape index (κ3) is 3.53. The van der Waals surface area contributed by atoms with E-state index < -0.39 is 0 Å². The molecule has 1 aromatic carbocycles. The fourth-order valence-electron chi connectivity index (χ4n) is 3.09. The molecule has 3 unspecified atom stereocenters. The van der Waals surface area contributed by atoms with Crippen LogP contribution in [-0.2, 0) is 4.74 Å². The molecule has 2 aliphatic heterocycles. The summed E-state index contributed by atoms with van der Waals surface area (Å²) in [5, 5.41) is 10.5. The van der Waals surface area contributed by atoms with Crippen LogP contribution in [0, 0.1) is 5.92 Å². The van der Waals surface area contributed by atoms with Crippen LogP contribution in [0.3, 0.4) is 0 Å². The molecule has 0 amide bonds. The van der Waals surface area contributed by atoms with E-state index in [1.54, 1.807) is 11.8 Å². The van der Waals surface area contributed by atoms with Gasteiger partial charge in [0.05, 0.1) is 11.7 Å². The Morgan fingerprint density at radius 2 is 2.25 bits per heavy atom. The molecule has 2 fully saturated rings. The van der Waals surface area contributed by atoms with Crippen LogP contribution in [0.25, 0.3) is 0 Å². The van der Waals surface area contributed by atoms with Crippen LogP contribution in [0.1, 0.15) is 19.3 Å². The summed E-state index contributed by atoms with van der Waals surface area (Å²) in [6.45, 7) is 0.818. The monoisotopic (exact) mass is 310 g/mol. The van der Waals surface area contributed by atoms with E-state index in [4.69, 9.17) is 4.74 Å². The van der Waals surface area contributed by atoms with Crippen molar-refractivity contribution in [1.29, 1.82) is 0 Å². The first kappa shape index (κ1) is 14.8. The zero-order valence-electron chi connectivity index (χ0n) is 11.7. The van der Waals surface area contributed by atoms with Crippen LogP contribution >= 0.6 is 23.5 Å². The number of ether oxygens (including phenoxy) is 1. The fraction of sp³-hybridized carbons (Fsp3) is 0.625. The molecule has 2 nitrogen and oxygen atoms in total. The SMILES string of the molecule is OC(CSc1ccccc1)C1CCOC2(CCSC2)C1. The predicted octanol–water partition coefficient (Wildman–Crippen LogP) is 3.44. The van der Waals surface area contributed by atoms with Gasteiger partial charge in [0.25, 0.3) is 0 Å². The Hall–Kier alpha value is -0.160. The van der Waals surface area contributed by atoms with Crippen molar-refractivity contribution in [3.05, 3.63) is 30.3 Å². The van der Waals surface area contributed by atoms with Gasteiger partial charge in [0.2, 0.25) is 0 Å². The largest absolute Gasteiger partial charge is 0.392 e. The van der Waals surface area contributed by atoms with E-state index in [0.717, 1.165) is 37.4 Å². The number of aliphatic hydroxyl groups excluding tert-OH is 1. The van der Waals surface area contributed by atoms with Gasteiger partial charge in [-0.2, -0.15) is 11.8 Å². The maximum absolute atomic E-state index is 10.5. The van der Waals surface area contributed by atoms with Gasteiger partial charge in [0.1, 0.15) is 0 Å². The second-order valence-corrected chi connectivity index (χ2v) is 7.98. The molecule has 0 aliphatic carbocycles. The molecule has 1 N–H and O–H groups in total. The van der Waals surface area contributed by atoms with Crippen molar-refractivity contribution < 1.29 is 9.84 Å². The number of hydrogen-bond donors (Lipinski definition) is 1. The summed E-state index contributed by atoms with van der Waals surface area (Å²) in [5.41, 5.74) is 0.0754. The first-order chi connectivity index (χ1) is 9.77. The molecular weight excluding hydrogens is 288 g/mol. The van der Waals surface area contributed by atoms with Gasteiger partial charge in [-0.15, -0.1) is 11.8 Å². The lowest BCUT2D eigenvalue weighted by Gasteiger charge is -2.39. The summed E-state index contributed by atoms with van der Waals surface area (Å²) in [6, 6.07) is 10.3. The summed E-state index contributed by atoms with van der Waals surface area (Å²) < 4.78 is 6.03. The molecule has 110 valence electrons. The van der Waals surface area contributed by atoms with E-state index in [1.807, 2.05) is 30.0 Å². The van der Waals surface area contributed by atoms with Crippen molar-refractivity contribution in [2.45, 2.75) is 35.9 Å². The average molecular weight is 310 g/mol. The lowest BCUT2D eigenvalue weighted by molar-refractivity contribution is -0.0977. The Morgan fingerprint density at radius 3 is 3.00 bits per heavy atom. The normalized spacial score (nSPS) is 31.6. The Morgan fingerprint density at radius 1 is 1.40 bits per heavy atom. The standard InChI is InChI=1S/C16H22O2S2/c17-15(11-20-14-4-2-1-3-5-14)13-6-8-18-16(10-13)7-9-19-12-16/h1-5,13,15,17H,6-12H2. The first-order valence-electron chi connectivity index (χ1n) is 7.35. The first-order valence-corrected chi connectivity index (χ1v) is 9.49. The minimum atomic E-state index is -0.216. The van der Waals surface area contributed by atoms with Crippen molar-refractivity contribution >= 4 is 23.5 Å². The van der Waals surface area contributed by atoms with Crippen molar-refractivity contribution in [3.8, 4) is 0 Å². The summed E-state index contributed by atoms with van der Waals surface area (Å²) >= 11 is 3.75. The summed E-state index contributed by atoms with van der Waals surface area (Å²) in [7, 11) is 0. The fourth-order valence-corrected chi connectivity index (χ4v) is 5.45. The number of hydrogen-bond acceptors (Lipinski definition) is 4. The predicted molar refractivity (Wildman–Crippen MR) is 86.5 cm³/mol. The van der Waals surface area contributed by atoms with Crippen LogP contribution in [-0.4, -0.2) is 40.7 Å². The molecule has 0 aromatic heterocycles. The van der Waals surface area contributed by atoms with Gasteiger partial charge in [0.15, 0.2) is 0 Å². The average Bonchev–Trinajstić information content (AvgIpc) is 2.93. The van der Waals surface area contributed by atoms with Crippen molar-refractivity contribution in [2.24, 2.45) is 5.92 Å². The van der Waals surface area contributed by atoms with Crippen molar-refractivity contribution in [2.75, 3.05) is 23.9 Å². The van der Waals surface area contributed by atoms with Crippen LogP contribution in [0.5, 0.6) is 0 Å². The maximum Gasteiger partial charge on any atom is 0.0783 e. The minimum Gasteiger partial charge on any atom is -0.392 e. The highest BCUT2D eigenvalue weighted by atomic mass is 32.2. The third-order valence-corrected chi connectivity index (χ3v) is 6.64. The molecule has 0 bridgehead atoms. The van der Waals surface area contributed by atoms with Crippen LogP contribution in [0.4, 0.5) is 0 Å². The lowest BCUT2D eigenvalue weighted by atomic mass is 9.83.